The van der Waals surface area contributed by atoms with Gasteiger partial charge in [0, 0.05) is 23.6 Å². The molecule has 78 valence electrons. The van der Waals surface area contributed by atoms with Gasteiger partial charge in [-0.25, -0.2) is 0 Å². The van der Waals surface area contributed by atoms with Crippen molar-refractivity contribution in [3.8, 4) is 0 Å². The molecule has 0 fully saturated rings. The molecule has 1 amide bonds. The van der Waals surface area contributed by atoms with Crippen LogP contribution in [0.15, 0.2) is 29.4 Å². The van der Waals surface area contributed by atoms with Gasteiger partial charge >= 0.3 is 0 Å². The smallest absolute Gasteiger partial charge is 0.251 e. The van der Waals surface area contributed by atoms with Crippen LogP contribution in [-0.2, 0) is 0 Å². The molecule has 0 aliphatic rings. The quantitative estimate of drug-likeness (QED) is 0.346. The lowest BCUT2D eigenvalue weighted by Crippen LogP contribution is -2.25. The average Bonchev–Trinajstić information content (AvgIpc) is 2.24. The average molecular weight is 204 g/mol. The molecular formula is C10H12N4O. The molecule has 0 heterocycles. The monoisotopic (exact) mass is 204 g/mol. The lowest BCUT2D eigenvalue weighted by molar-refractivity contribution is 0.0954. The summed E-state index contributed by atoms with van der Waals surface area (Å²) in [7, 11) is 0. The van der Waals surface area contributed by atoms with Gasteiger partial charge in [0.15, 0.2) is 0 Å². The second kappa shape index (κ2) is 5.67. The van der Waals surface area contributed by atoms with E-state index in [4.69, 9.17) is 5.53 Å². The Morgan fingerprint density at radius 3 is 3.07 bits per heavy atom. The number of carbonyl (C=O) groups is 1. The maximum absolute atomic E-state index is 11.5. The summed E-state index contributed by atoms with van der Waals surface area (Å²) >= 11 is 0. The summed E-state index contributed by atoms with van der Waals surface area (Å²) in [6.45, 7) is 2.56. The van der Waals surface area contributed by atoms with Crippen molar-refractivity contribution < 1.29 is 4.79 Å². The predicted octanol–water partition coefficient (Wildman–Crippen LogP) is 2.04. The molecule has 1 aromatic rings. The highest BCUT2D eigenvalue weighted by atomic mass is 16.1. The van der Waals surface area contributed by atoms with Crippen LogP contribution in [0, 0.1) is 6.92 Å². The molecular weight excluding hydrogens is 192 g/mol. The molecule has 0 saturated heterocycles. The number of benzene rings is 1. The van der Waals surface area contributed by atoms with Gasteiger partial charge in [-0.2, -0.15) is 0 Å². The molecule has 0 radical (unpaired) electrons. The van der Waals surface area contributed by atoms with Crippen molar-refractivity contribution in [1.82, 2.24) is 5.32 Å². The fraction of sp³-hybridized carbons (Fsp3) is 0.300. The summed E-state index contributed by atoms with van der Waals surface area (Å²) in [5.41, 5.74) is 9.69. The van der Waals surface area contributed by atoms with E-state index in [1.807, 2.05) is 25.1 Å². The minimum absolute atomic E-state index is 0.146. The Balaban J connectivity index is 2.50. The van der Waals surface area contributed by atoms with E-state index in [-0.39, 0.29) is 12.5 Å². The topological polar surface area (TPSA) is 77.9 Å². The molecule has 0 unspecified atom stereocenters. The number of hydrogen-bond acceptors (Lipinski definition) is 2. The number of azide groups is 1. The third-order valence-electron chi connectivity index (χ3n) is 1.84. The zero-order valence-corrected chi connectivity index (χ0v) is 8.47. The molecule has 0 bridgehead atoms. The van der Waals surface area contributed by atoms with Crippen molar-refractivity contribution in [1.29, 1.82) is 0 Å². The van der Waals surface area contributed by atoms with Gasteiger partial charge in [-0.15, -0.1) is 0 Å². The first-order chi connectivity index (χ1) is 7.24. The molecule has 1 N–H and O–H groups in total. The minimum atomic E-state index is -0.146. The summed E-state index contributed by atoms with van der Waals surface area (Å²) < 4.78 is 0. The lowest BCUT2D eigenvalue weighted by atomic mass is 10.1. The van der Waals surface area contributed by atoms with Crippen molar-refractivity contribution in [2.24, 2.45) is 5.11 Å². The summed E-state index contributed by atoms with van der Waals surface area (Å²) in [5.74, 6) is -0.146. The molecule has 0 atom stereocenters. The van der Waals surface area contributed by atoms with Gasteiger partial charge in [0.1, 0.15) is 0 Å². The highest BCUT2D eigenvalue weighted by molar-refractivity contribution is 5.94. The van der Waals surface area contributed by atoms with Crippen LogP contribution < -0.4 is 5.32 Å². The van der Waals surface area contributed by atoms with E-state index in [0.29, 0.717) is 12.1 Å². The van der Waals surface area contributed by atoms with Crippen LogP contribution in [-0.4, -0.2) is 19.0 Å². The molecule has 1 rings (SSSR count). The zero-order valence-electron chi connectivity index (χ0n) is 8.47. The van der Waals surface area contributed by atoms with Crippen molar-refractivity contribution in [3.05, 3.63) is 45.8 Å². The van der Waals surface area contributed by atoms with Gasteiger partial charge in [-0.1, -0.05) is 22.8 Å². The highest BCUT2D eigenvalue weighted by Crippen LogP contribution is 2.03. The Labute approximate surface area is 87.7 Å². The molecule has 15 heavy (non-hydrogen) atoms. The van der Waals surface area contributed by atoms with E-state index in [1.165, 1.54) is 0 Å². The molecule has 1 aromatic carbocycles. The Bertz CT molecular complexity index is 396. The van der Waals surface area contributed by atoms with Crippen molar-refractivity contribution in [3.63, 3.8) is 0 Å². The lowest BCUT2D eigenvalue weighted by Gasteiger charge is -2.03. The maximum atomic E-state index is 11.5. The van der Waals surface area contributed by atoms with E-state index >= 15 is 0 Å². The summed E-state index contributed by atoms with van der Waals surface area (Å²) in [4.78, 5) is 14.1. The van der Waals surface area contributed by atoms with E-state index in [0.717, 1.165) is 5.56 Å². The fourth-order valence-corrected chi connectivity index (χ4v) is 1.15. The van der Waals surface area contributed by atoms with Gasteiger partial charge in [0.05, 0.1) is 0 Å². The third kappa shape index (κ3) is 3.70. The third-order valence-corrected chi connectivity index (χ3v) is 1.84. The Morgan fingerprint density at radius 2 is 2.40 bits per heavy atom. The van der Waals surface area contributed by atoms with Crippen LogP contribution in [0.2, 0.25) is 0 Å². The molecule has 0 aliphatic heterocycles. The molecule has 0 spiro atoms. The van der Waals surface area contributed by atoms with Gasteiger partial charge in [0.25, 0.3) is 5.91 Å². The summed E-state index contributed by atoms with van der Waals surface area (Å²) in [6.07, 6.45) is 0. The number of rotatable bonds is 4. The molecule has 0 saturated carbocycles. The number of amides is 1. The second-order valence-electron chi connectivity index (χ2n) is 3.08. The fourth-order valence-electron chi connectivity index (χ4n) is 1.15. The zero-order chi connectivity index (χ0) is 11.1. The first kappa shape index (κ1) is 11.1. The van der Waals surface area contributed by atoms with E-state index in [1.54, 1.807) is 6.07 Å². The van der Waals surface area contributed by atoms with Crippen LogP contribution in [0.3, 0.4) is 0 Å². The molecule has 5 heteroatoms. The molecule has 0 aliphatic carbocycles. The van der Waals surface area contributed by atoms with Crippen molar-refractivity contribution >= 4 is 5.91 Å². The first-order valence-electron chi connectivity index (χ1n) is 4.60. The second-order valence-corrected chi connectivity index (χ2v) is 3.08. The van der Waals surface area contributed by atoms with Crippen LogP contribution in [0.5, 0.6) is 0 Å². The minimum Gasteiger partial charge on any atom is -0.352 e. The standard InChI is InChI=1S/C10H12N4O/c1-8-3-2-4-9(7-8)10(15)12-5-6-13-14-11/h2-4,7H,5-6H2,1H3,(H,12,15). The van der Waals surface area contributed by atoms with Crippen LogP contribution >= 0.6 is 0 Å². The van der Waals surface area contributed by atoms with E-state index < -0.39 is 0 Å². The summed E-state index contributed by atoms with van der Waals surface area (Å²) in [5, 5.41) is 5.98. The number of nitrogens with zero attached hydrogens (tertiary/aromatic N) is 3. The van der Waals surface area contributed by atoms with Gasteiger partial charge in [-0.05, 0) is 24.6 Å². The van der Waals surface area contributed by atoms with Gasteiger partial charge in [0.2, 0.25) is 0 Å². The SMILES string of the molecule is Cc1cccc(C(=O)NCCN=[N+]=[N-])c1. The highest BCUT2D eigenvalue weighted by Gasteiger charge is 2.03. The van der Waals surface area contributed by atoms with Crippen LogP contribution in [0.25, 0.3) is 10.4 Å². The van der Waals surface area contributed by atoms with Crippen LogP contribution in [0.4, 0.5) is 0 Å². The van der Waals surface area contributed by atoms with Gasteiger partial charge < -0.3 is 5.32 Å². The molecule has 0 aromatic heterocycles. The van der Waals surface area contributed by atoms with E-state index in [2.05, 4.69) is 15.3 Å². The summed E-state index contributed by atoms with van der Waals surface area (Å²) in [6, 6.07) is 7.31. The number of hydrogen-bond donors (Lipinski definition) is 1. The molecule has 5 nitrogen and oxygen atoms in total. The van der Waals surface area contributed by atoms with Crippen LogP contribution in [0.1, 0.15) is 15.9 Å². The maximum Gasteiger partial charge on any atom is 0.251 e. The first-order valence-corrected chi connectivity index (χ1v) is 4.60. The number of aryl methyl sites for hydroxylation is 1. The Kier molecular flexibility index (Phi) is 4.19. The number of carbonyl (C=O) groups excluding carboxylic acids is 1. The Hall–Kier alpha value is -2.00. The van der Waals surface area contributed by atoms with Gasteiger partial charge in [-0.3, -0.25) is 4.79 Å². The number of nitrogens with one attached hydrogen (secondary N) is 1. The van der Waals surface area contributed by atoms with E-state index in [9.17, 15) is 4.79 Å². The Morgan fingerprint density at radius 1 is 1.60 bits per heavy atom. The predicted molar refractivity (Wildman–Crippen MR) is 57.5 cm³/mol. The van der Waals surface area contributed by atoms with Crippen molar-refractivity contribution in [2.45, 2.75) is 6.92 Å². The van der Waals surface area contributed by atoms with Crippen molar-refractivity contribution in [2.75, 3.05) is 13.1 Å². The normalized spacial score (nSPS) is 9.13. The largest absolute Gasteiger partial charge is 0.352 e.